The maximum absolute atomic E-state index is 13.3. The van der Waals surface area contributed by atoms with Crippen LogP contribution in [0.25, 0.3) is 0 Å². The third-order valence-corrected chi connectivity index (χ3v) is 3.09. The summed E-state index contributed by atoms with van der Waals surface area (Å²) in [5.74, 6) is -2.14. The molecular formula is C13H17ClF2N2O. The van der Waals surface area contributed by atoms with Gasteiger partial charge >= 0.3 is 0 Å². The molecule has 106 valence electrons. The van der Waals surface area contributed by atoms with Crippen LogP contribution in [0.1, 0.15) is 18.4 Å². The normalized spacial score (nSPS) is 17.9. The zero-order valence-electron chi connectivity index (χ0n) is 10.4. The Kier molecular flexibility index (Phi) is 6.18. The van der Waals surface area contributed by atoms with Crippen molar-refractivity contribution >= 4 is 18.3 Å². The van der Waals surface area contributed by atoms with Crippen molar-refractivity contribution < 1.29 is 13.6 Å². The van der Waals surface area contributed by atoms with Crippen molar-refractivity contribution in [1.82, 2.24) is 10.6 Å². The molecule has 1 saturated heterocycles. The molecule has 0 aromatic heterocycles. The van der Waals surface area contributed by atoms with Gasteiger partial charge < -0.3 is 10.6 Å². The van der Waals surface area contributed by atoms with Crippen LogP contribution in [-0.4, -0.2) is 25.0 Å². The summed E-state index contributed by atoms with van der Waals surface area (Å²) >= 11 is 0. The molecule has 0 radical (unpaired) electrons. The van der Waals surface area contributed by atoms with E-state index in [9.17, 15) is 13.6 Å². The molecule has 0 spiro atoms. The van der Waals surface area contributed by atoms with Crippen LogP contribution in [0.15, 0.2) is 18.2 Å². The van der Waals surface area contributed by atoms with E-state index >= 15 is 0 Å². The highest BCUT2D eigenvalue weighted by Crippen LogP contribution is 2.11. The highest BCUT2D eigenvalue weighted by molar-refractivity contribution is 5.85. The Hall–Kier alpha value is -1.20. The molecule has 1 atom stereocenters. The van der Waals surface area contributed by atoms with Crippen LogP contribution in [0.5, 0.6) is 0 Å². The summed E-state index contributed by atoms with van der Waals surface area (Å²) in [4.78, 5) is 11.6. The average Bonchev–Trinajstić information content (AvgIpc) is 2.86. The third-order valence-electron chi connectivity index (χ3n) is 3.09. The van der Waals surface area contributed by atoms with E-state index < -0.39 is 11.6 Å². The molecule has 2 N–H and O–H groups in total. The van der Waals surface area contributed by atoms with E-state index in [1.54, 1.807) is 0 Å². The lowest BCUT2D eigenvalue weighted by molar-refractivity contribution is -0.120. The molecule has 1 aromatic rings. The van der Waals surface area contributed by atoms with Crippen LogP contribution >= 0.6 is 12.4 Å². The van der Waals surface area contributed by atoms with Gasteiger partial charge in [-0.1, -0.05) is 12.1 Å². The molecule has 6 heteroatoms. The number of hydrogen-bond acceptors (Lipinski definition) is 2. The van der Waals surface area contributed by atoms with Crippen molar-refractivity contribution in [3.63, 3.8) is 0 Å². The van der Waals surface area contributed by atoms with Gasteiger partial charge in [-0.05, 0) is 25.5 Å². The van der Waals surface area contributed by atoms with Gasteiger partial charge in [0.1, 0.15) is 0 Å². The summed E-state index contributed by atoms with van der Waals surface area (Å²) in [6.45, 7) is 1.51. The van der Waals surface area contributed by atoms with Gasteiger partial charge in [0.15, 0.2) is 11.6 Å². The molecule has 1 fully saturated rings. The van der Waals surface area contributed by atoms with Gasteiger partial charge in [-0.3, -0.25) is 4.79 Å². The summed E-state index contributed by atoms with van der Waals surface area (Å²) in [7, 11) is 0. The lowest BCUT2D eigenvalue weighted by Crippen LogP contribution is -2.37. The van der Waals surface area contributed by atoms with Crippen molar-refractivity contribution in [2.75, 3.05) is 13.1 Å². The fourth-order valence-corrected chi connectivity index (χ4v) is 2.09. The zero-order chi connectivity index (χ0) is 13.0. The Balaban J connectivity index is 0.00000180. The van der Waals surface area contributed by atoms with E-state index in [2.05, 4.69) is 10.6 Å². The second kappa shape index (κ2) is 7.40. The van der Waals surface area contributed by atoms with Gasteiger partial charge in [-0.2, -0.15) is 0 Å². The van der Waals surface area contributed by atoms with Crippen LogP contribution in [0.4, 0.5) is 8.78 Å². The summed E-state index contributed by atoms with van der Waals surface area (Å²) < 4.78 is 26.3. The maximum Gasteiger partial charge on any atom is 0.224 e. The number of halogens is 3. The topological polar surface area (TPSA) is 41.1 Å². The Bertz CT molecular complexity index is 437. The van der Waals surface area contributed by atoms with E-state index in [-0.39, 0.29) is 30.3 Å². The Morgan fingerprint density at radius 2 is 2.21 bits per heavy atom. The van der Waals surface area contributed by atoms with Gasteiger partial charge in [0, 0.05) is 18.2 Å². The second-order valence-corrected chi connectivity index (χ2v) is 4.49. The first kappa shape index (κ1) is 15.9. The largest absolute Gasteiger partial charge is 0.354 e. The summed E-state index contributed by atoms with van der Waals surface area (Å²) in [6.07, 6.45) is 2.02. The molecule has 0 aliphatic carbocycles. The van der Waals surface area contributed by atoms with Crippen LogP contribution in [0, 0.1) is 11.6 Å². The first-order chi connectivity index (χ1) is 8.66. The monoisotopic (exact) mass is 290 g/mol. The molecule has 1 unspecified atom stereocenters. The van der Waals surface area contributed by atoms with E-state index in [1.807, 2.05) is 0 Å². The van der Waals surface area contributed by atoms with E-state index in [4.69, 9.17) is 0 Å². The van der Waals surface area contributed by atoms with Crippen LogP contribution in [-0.2, 0) is 11.2 Å². The zero-order valence-corrected chi connectivity index (χ0v) is 11.2. The van der Waals surface area contributed by atoms with Crippen LogP contribution in [0.2, 0.25) is 0 Å². The molecule has 1 aliphatic heterocycles. The lowest BCUT2D eigenvalue weighted by atomic mass is 10.1. The quantitative estimate of drug-likeness (QED) is 0.888. The Morgan fingerprint density at radius 3 is 2.89 bits per heavy atom. The molecule has 0 saturated carbocycles. The van der Waals surface area contributed by atoms with Gasteiger partial charge in [0.25, 0.3) is 0 Å². The first-order valence-electron chi connectivity index (χ1n) is 6.10. The van der Waals surface area contributed by atoms with Crippen molar-refractivity contribution in [2.45, 2.75) is 25.3 Å². The minimum atomic E-state index is -0.938. The van der Waals surface area contributed by atoms with Gasteiger partial charge in [-0.15, -0.1) is 12.4 Å². The minimum Gasteiger partial charge on any atom is -0.354 e. The minimum absolute atomic E-state index is 0. The number of amides is 1. The standard InChI is InChI=1S/C13H16F2N2O.ClH/c14-11-5-1-3-9(13(11)15)7-12(18)17-8-10-4-2-6-16-10;/h1,3,5,10,16H,2,4,6-8H2,(H,17,18);1H. The first-order valence-corrected chi connectivity index (χ1v) is 6.10. The van der Waals surface area contributed by atoms with Crippen molar-refractivity contribution in [2.24, 2.45) is 0 Å². The molecule has 19 heavy (non-hydrogen) atoms. The molecule has 1 heterocycles. The second-order valence-electron chi connectivity index (χ2n) is 4.49. The van der Waals surface area contributed by atoms with E-state index in [1.165, 1.54) is 12.1 Å². The number of carbonyl (C=O) groups excluding carboxylic acids is 1. The van der Waals surface area contributed by atoms with E-state index in [0.717, 1.165) is 25.5 Å². The van der Waals surface area contributed by atoms with Crippen molar-refractivity contribution in [3.05, 3.63) is 35.4 Å². The summed E-state index contributed by atoms with van der Waals surface area (Å²) in [6, 6.07) is 4.16. The Morgan fingerprint density at radius 1 is 1.42 bits per heavy atom. The van der Waals surface area contributed by atoms with Crippen molar-refractivity contribution in [1.29, 1.82) is 0 Å². The van der Waals surface area contributed by atoms with Gasteiger partial charge in [-0.25, -0.2) is 8.78 Å². The van der Waals surface area contributed by atoms with Gasteiger partial charge in [0.2, 0.25) is 5.91 Å². The smallest absolute Gasteiger partial charge is 0.224 e. The average molecular weight is 291 g/mol. The summed E-state index contributed by atoms with van der Waals surface area (Å²) in [5, 5.41) is 5.98. The number of hydrogen-bond donors (Lipinski definition) is 2. The third kappa shape index (κ3) is 4.44. The predicted molar refractivity (Wildman–Crippen MR) is 71.3 cm³/mol. The molecule has 1 aliphatic rings. The number of carbonyl (C=O) groups is 1. The lowest BCUT2D eigenvalue weighted by Gasteiger charge is -2.11. The van der Waals surface area contributed by atoms with Crippen LogP contribution in [0.3, 0.4) is 0 Å². The highest BCUT2D eigenvalue weighted by Gasteiger charge is 2.16. The fraction of sp³-hybridized carbons (Fsp3) is 0.462. The number of nitrogens with one attached hydrogen (secondary N) is 2. The SMILES string of the molecule is Cl.O=C(Cc1cccc(F)c1F)NCC1CCCN1. The van der Waals surface area contributed by atoms with Crippen molar-refractivity contribution in [3.8, 4) is 0 Å². The fourth-order valence-electron chi connectivity index (χ4n) is 2.09. The molecule has 3 nitrogen and oxygen atoms in total. The molecule has 0 bridgehead atoms. The Labute approximate surface area is 117 Å². The summed E-state index contributed by atoms with van der Waals surface area (Å²) in [5.41, 5.74) is 0.0897. The number of benzene rings is 1. The van der Waals surface area contributed by atoms with Gasteiger partial charge in [0.05, 0.1) is 6.42 Å². The van der Waals surface area contributed by atoms with Crippen LogP contribution < -0.4 is 10.6 Å². The predicted octanol–water partition coefficient (Wildman–Crippen LogP) is 1.80. The highest BCUT2D eigenvalue weighted by atomic mass is 35.5. The molecule has 1 amide bonds. The maximum atomic E-state index is 13.3. The molecular weight excluding hydrogens is 274 g/mol. The molecule has 1 aromatic carbocycles. The van der Waals surface area contributed by atoms with E-state index in [0.29, 0.717) is 12.6 Å². The molecule has 2 rings (SSSR count). The number of rotatable bonds is 4.